The van der Waals surface area contributed by atoms with E-state index in [2.05, 4.69) is 11.8 Å². The summed E-state index contributed by atoms with van der Waals surface area (Å²) in [7, 11) is 1.54. The van der Waals surface area contributed by atoms with Crippen LogP contribution in [0.1, 0.15) is 37.8 Å². The number of hydrogen-bond acceptors (Lipinski definition) is 4. The second kappa shape index (κ2) is 6.80. The van der Waals surface area contributed by atoms with Crippen LogP contribution in [0, 0.1) is 5.92 Å². The van der Waals surface area contributed by atoms with E-state index < -0.39 is 5.97 Å². The Morgan fingerprint density at radius 3 is 2.95 bits per heavy atom. The predicted octanol–water partition coefficient (Wildman–Crippen LogP) is 2.65. The van der Waals surface area contributed by atoms with Crippen molar-refractivity contribution in [1.29, 1.82) is 0 Å². The molecule has 1 aliphatic rings. The lowest BCUT2D eigenvalue weighted by Crippen LogP contribution is -2.24. The van der Waals surface area contributed by atoms with E-state index in [0.29, 0.717) is 11.7 Å². The molecule has 2 atom stereocenters. The van der Waals surface area contributed by atoms with Gasteiger partial charge in [0.15, 0.2) is 11.5 Å². The third-order valence-electron chi connectivity index (χ3n) is 4.32. The molecule has 116 valence electrons. The molecule has 1 fully saturated rings. The highest BCUT2D eigenvalue weighted by Gasteiger charge is 2.27. The van der Waals surface area contributed by atoms with E-state index in [9.17, 15) is 9.90 Å². The van der Waals surface area contributed by atoms with E-state index in [4.69, 9.17) is 9.84 Å². The van der Waals surface area contributed by atoms with Gasteiger partial charge in [-0.2, -0.15) is 0 Å². The summed E-state index contributed by atoms with van der Waals surface area (Å²) in [6.45, 7) is 4.04. The summed E-state index contributed by atoms with van der Waals surface area (Å²) in [5, 5.41) is 18.4. The minimum Gasteiger partial charge on any atom is -0.504 e. The van der Waals surface area contributed by atoms with Crippen LogP contribution in [-0.2, 0) is 4.79 Å². The molecule has 2 unspecified atom stereocenters. The zero-order chi connectivity index (χ0) is 15.4. The molecule has 0 amide bonds. The van der Waals surface area contributed by atoms with Gasteiger partial charge < -0.3 is 14.9 Å². The average molecular weight is 293 g/mol. The summed E-state index contributed by atoms with van der Waals surface area (Å²) in [5.74, 6) is 0.377. The monoisotopic (exact) mass is 293 g/mol. The molecular weight excluding hydrogens is 270 g/mol. The summed E-state index contributed by atoms with van der Waals surface area (Å²) >= 11 is 0. The first kappa shape index (κ1) is 15.6. The largest absolute Gasteiger partial charge is 0.504 e. The fraction of sp³-hybridized carbons (Fsp3) is 0.562. The topological polar surface area (TPSA) is 70.0 Å². The van der Waals surface area contributed by atoms with Crippen molar-refractivity contribution < 1.29 is 19.7 Å². The normalized spacial score (nSPS) is 20.4. The van der Waals surface area contributed by atoms with Crippen molar-refractivity contribution in [3.05, 3.63) is 23.8 Å². The number of hydrogen-bond donors (Lipinski definition) is 2. The van der Waals surface area contributed by atoms with Gasteiger partial charge >= 0.3 is 5.97 Å². The minimum absolute atomic E-state index is 0.147. The maximum absolute atomic E-state index is 10.6. The number of nitrogens with zero attached hydrogens (tertiary/aromatic N) is 1. The Balaban J connectivity index is 1.98. The van der Waals surface area contributed by atoms with Crippen molar-refractivity contribution in [3.63, 3.8) is 0 Å². The van der Waals surface area contributed by atoms with Crippen molar-refractivity contribution in [2.75, 3.05) is 20.2 Å². The van der Waals surface area contributed by atoms with Crippen molar-refractivity contribution in [2.24, 2.45) is 5.92 Å². The average Bonchev–Trinajstić information content (AvgIpc) is 2.93. The van der Waals surface area contributed by atoms with Crippen LogP contribution in [0.2, 0.25) is 0 Å². The molecular formula is C16H23NO4. The van der Waals surface area contributed by atoms with E-state index in [1.54, 1.807) is 13.2 Å². The SMILES string of the molecule is COc1cc(C(C)N2CCC(CCC(=O)O)C2)ccc1O. The van der Waals surface area contributed by atoms with E-state index in [0.717, 1.165) is 31.5 Å². The lowest BCUT2D eigenvalue weighted by atomic mass is 10.0. The zero-order valence-electron chi connectivity index (χ0n) is 12.6. The molecule has 0 bridgehead atoms. The number of carboxylic acid groups (broad SMARTS) is 1. The van der Waals surface area contributed by atoms with E-state index in [-0.39, 0.29) is 18.2 Å². The smallest absolute Gasteiger partial charge is 0.303 e. The van der Waals surface area contributed by atoms with Crippen LogP contribution >= 0.6 is 0 Å². The summed E-state index contributed by atoms with van der Waals surface area (Å²) in [4.78, 5) is 13.0. The molecule has 21 heavy (non-hydrogen) atoms. The number of carbonyl (C=O) groups is 1. The molecule has 2 N–H and O–H groups in total. The molecule has 1 aromatic carbocycles. The number of benzene rings is 1. The van der Waals surface area contributed by atoms with Crippen LogP contribution in [0.3, 0.4) is 0 Å². The zero-order valence-corrected chi connectivity index (χ0v) is 12.6. The Labute approximate surface area is 125 Å². The van der Waals surface area contributed by atoms with Gasteiger partial charge in [-0.1, -0.05) is 6.07 Å². The number of phenols is 1. The molecule has 5 nitrogen and oxygen atoms in total. The minimum atomic E-state index is -0.718. The molecule has 1 saturated heterocycles. The third kappa shape index (κ3) is 3.88. The van der Waals surface area contributed by atoms with Gasteiger partial charge in [-0.05, 0) is 49.9 Å². The predicted molar refractivity (Wildman–Crippen MR) is 79.6 cm³/mol. The second-order valence-electron chi connectivity index (χ2n) is 5.69. The van der Waals surface area contributed by atoms with Crippen LogP contribution in [0.4, 0.5) is 0 Å². The van der Waals surface area contributed by atoms with Gasteiger partial charge in [0.25, 0.3) is 0 Å². The molecule has 0 aliphatic carbocycles. The molecule has 0 spiro atoms. The molecule has 1 aromatic rings. The Morgan fingerprint density at radius 2 is 2.29 bits per heavy atom. The van der Waals surface area contributed by atoms with E-state index in [1.807, 2.05) is 12.1 Å². The van der Waals surface area contributed by atoms with Crippen molar-refractivity contribution in [2.45, 2.75) is 32.2 Å². The van der Waals surface area contributed by atoms with Gasteiger partial charge in [0.1, 0.15) is 0 Å². The quantitative estimate of drug-likeness (QED) is 0.844. The van der Waals surface area contributed by atoms with Gasteiger partial charge in [0, 0.05) is 19.0 Å². The highest BCUT2D eigenvalue weighted by molar-refractivity contribution is 5.66. The molecule has 0 radical (unpaired) electrons. The number of ether oxygens (including phenoxy) is 1. The van der Waals surface area contributed by atoms with Crippen molar-refractivity contribution >= 4 is 5.97 Å². The molecule has 5 heteroatoms. The van der Waals surface area contributed by atoms with Gasteiger partial charge in [-0.3, -0.25) is 9.69 Å². The summed E-state index contributed by atoms with van der Waals surface area (Å²) < 4.78 is 5.15. The van der Waals surface area contributed by atoms with Crippen LogP contribution in [0.15, 0.2) is 18.2 Å². The Bertz CT molecular complexity index is 503. The first-order chi connectivity index (χ1) is 10.0. The molecule has 1 heterocycles. The first-order valence-corrected chi connectivity index (χ1v) is 7.34. The Kier molecular flexibility index (Phi) is 5.07. The fourth-order valence-electron chi connectivity index (χ4n) is 2.94. The van der Waals surface area contributed by atoms with Gasteiger partial charge in [0.2, 0.25) is 0 Å². The van der Waals surface area contributed by atoms with Crippen molar-refractivity contribution in [1.82, 2.24) is 4.90 Å². The number of rotatable bonds is 6. The van der Waals surface area contributed by atoms with Gasteiger partial charge in [0.05, 0.1) is 7.11 Å². The highest BCUT2D eigenvalue weighted by atomic mass is 16.5. The Morgan fingerprint density at radius 1 is 1.52 bits per heavy atom. The molecule has 1 aliphatic heterocycles. The fourth-order valence-corrected chi connectivity index (χ4v) is 2.94. The van der Waals surface area contributed by atoms with E-state index in [1.165, 1.54) is 0 Å². The summed E-state index contributed by atoms with van der Waals surface area (Å²) in [6, 6.07) is 5.66. The lowest BCUT2D eigenvalue weighted by molar-refractivity contribution is -0.137. The van der Waals surface area contributed by atoms with Crippen molar-refractivity contribution in [3.8, 4) is 11.5 Å². The van der Waals surface area contributed by atoms with E-state index >= 15 is 0 Å². The van der Waals surface area contributed by atoms with Crippen LogP contribution in [-0.4, -0.2) is 41.3 Å². The number of aromatic hydroxyl groups is 1. The third-order valence-corrected chi connectivity index (χ3v) is 4.32. The van der Waals surface area contributed by atoms with Crippen LogP contribution < -0.4 is 4.74 Å². The maximum atomic E-state index is 10.6. The maximum Gasteiger partial charge on any atom is 0.303 e. The lowest BCUT2D eigenvalue weighted by Gasteiger charge is -2.25. The number of phenolic OH excluding ortho intramolecular Hbond substituents is 1. The number of aliphatic carboxylic acids is 1. The second-order valence-corrected chi connectivity index (χ2v) is 5.69. The molecule has 2 rings (SSSR count). The highest BCUT2D eigenvalue weighted by Crippen LogP contribution is 2.33. The summed E-state index contributed by atoms with van der Waals surface area (Å²) in [5.41, 5.74) is 1.10. The van der Waals surface area contributed by atoms with Gasteiger partial charge in [-0.15, -0.1) is 0 Å². The van der Waals surface area contributed by atoms with Crippen LogP contribution in [0.25, 0.3) is 0 Å². The number of carboxylic acids is 1. The molecule has 0 aromatic heterocycles. The number of likely N-dealkylation sites (tertiary alicyclic amines) is 1. The first-order valence-electron chi connectivity index (χ1n) is 7.34. The standard InChI is InChI=1S/C16H23NO4/c1-11(13-4-5-14(18)15(9-13)21-2)17-8-7-12(10-17)3-6-16(19)20/h4-5,9,11-12,18H,3,6-8,10H2,1-2H3,(H,19,20). The Hall–Kier alpha value is -1.75. The molecule has 0 saturated carbocycles. The van der Waals surface area contributed by atoms with Gasteiger partial charge in [-0.25, -0.2) is 0 Å². The summed E-state index contributed by atoms with van der Waals surface area (Å²) in [6.07, 6.45) is 2.05. The van der Waals surface area contributed by atoms with Crippen LogP contribution in [0.5, 0.6) is 11.5 Å². The number of methoxy groups -OCH3 is 1.